The molecule has 0 aliphatic carbocycles. The van der Waals surface area contributed by atoms with Gasteiger partial charge in [-0.2, -0.15) is 0 Å². The van der Waals surface area contributed by atoms with E-state index in [2.05, 4.69) is 15.9 Å². The second-order valence-electron chi connectivity index (χ2n) is 4.69. The zero-order chi connectivity index (χ0) is 13.3. The first-order valence-corrected chi connectivity index (χ1v) is 6.71. The number of aliphatic hydroxyl groups excluding tert-OH is 1. The summed E-state index contributed by atoms with van der Waals surface area (Å²) in [6.45, 7) is 2.92. The minimum atomic E-state index is -0.439. The first kappa shape index (κ1) is 13.5. The molecule has 1 aromatic carbocycles. The molecule has 2 unspecified atom stereocenters. The Morgan fingerprint density at radius 3 is 2.94 bits per heavy atom. The topological polar surface area (TPSA) is 40.5 Å². The van der Waals surface area contributed by atoms with Gasteiger partial charge in [-0.05, 0) is 40.4 Å². The molecule has 3 nitrogen and oxygen atoms in total. The van der Waals surface area contributed by atoms with E-state index in [1.54, 1.807) is 11.0 Å². The van der Waals surface area contributed by atoms with Crippen molar-refractivity contribution in [2.45, 2.75) is 19.4 Å². The zero-order valence-corrected chi connectivity index (χ0v) is 11.7. The van der Waals surface area contributed by atoms with E-state index in [9.17, 15) is 14.3 Å². The quantitative estimate of drug-likeness (QED) is 0.864. The number of piperidine rings is 1. The number of hydrogen-bond donors (Lipinski definition) is 1. The average molecular weight is 316 g/mol. The van der Waals surface area contributed by atoms with Gasteiger partial charge in [0.05, 0.1) is 16.1 Å². The smallest absolute Gasteiger partial charge is 0.255 e. The summed E-state index contributed by atoms with van der Waals surface area (Å²) in [5.41, 5.74) is 0.332. The van der Waals surface area contributed by atoms with Crippen molar-refractivity contribution < 1.29 is 14.3 Å². The third-order valence-electron chi connectivity index (χ3n) is 3.33. The van der Waals surface area contributed by atoms with Crippen LogP contribution in [0, 0.1) is 11.7 Å². The van der Waals surface area contributed by atoms with Crippen molar-refractivity contribution >= 4 is 21.8 Å². The van der Waals surface area contributed by atoms with Crippen LogP contribution in [0.1, 0.15) is 23.7 Å². The Bertz CT molecular complexity index is 466. The Hall–Kier alpha value is -0.940. The second kappa shape index (κ2) is 5.36. The molecule has 98 valence electrons. The molecular weight excluding hydrogens is 301 g/mol. The third-order valence-corrected chi connectivity index (χ3v) is 4.14. The lowest BCUT2D eigenvalue weighted by atomic mass is 9.96. The monoisotopic (exact) mass is 315 g/mol. The van der Waals surface area contributed by atoms with Gasteiger partial charge in [-0.15, -0.1) is 0 Å². The number of rotatable bonds is 1. The van der Waals surface area contributed by atoms with E-state index >= 15 is 0 Å². The van der Waals surface area contributed by atoms with E-state index in [-0.39, 0.29) is 22.4 Å². The number of nitrogens with zero attached hydrogens (tertiary/aromatic N) is 1. The number of hydrogen-bond acceptors (Lipinski definition) is 2. The predicted octanol–water partition coefficient (Wildman–Crippen LogP) is 2.43. The van der Waals surface area contributed by atoms with Crippen molar-refractivity contribution in [3.05, 3.63) is 34.1 Å². The SMILES string of the molecule is CC1CN(C(=O)c2cccc(F)c2Br)CCC1O. The molecule has 1 aromatic rings. The number of amides is 1. The van der Waals surface area contributed by atoms with Crippen molar-refractivity contribution in [2.75, 3.05) is 13.1 Å². The average Bonchev–Trinajstić information content (AvgIpc) is 2.35. The standard InChI is InChI=1S/C13H15BrFNO2/c1-8-7-16(6-5-11(8)17)13(18)9-3-2-4-10(15)12(9)14/h2-4,8,11,17H,5-7H2,1H3. The number of halogens is 2. The van der Waals surface area contributed by atoms with Crippen LogP contribution in [0.15, 0.2) is 22.7 Å². The minimum Gasteiger partial charge on any atom is -0.393 e. The molecule has 1 saturated heterocycles. The summed E-state index contributed by atoms with van der Waals surface area (Å²) in [7, 11) is 0. The number of aliphatic hydroxyl groups is 1. The normalized spacial score (nSPS) is 24.1. The molecule has 1 N–H and O–H groups in total. The molecule has 1 fully saturated rings. The molecule has 0 bridgehead atoms. The van der Waals surface area contributed by atoms with Gasteiger partial charge in [-0.1, -0.05) is 13.0 Å². The number of carbonyl (C=O) groups is 1. The van der Waals surface area contributed by atoms with E-state index in [4.69, 9.17) is 0 Å². The van der Waals surface area contributed by atoms with Gasteiger partial charge in [0.2, 0.25) is 0 Å². The molecule has 2 rings (SSSR count). The van der Waals surface area contributed by atoms with Gasteiger partial charge in [0.25, 0.3) is 5.91 Å². The van der Waals surface area contributed by atoms with Gasteiger partial charge in [0.15, 0.2) is 0 Å². The number of benzene rings is 1. The predicted molar refractivity (Wildman–Crippen MR) is 69.8 cm³/mol. The molecule has 18 heavy (non-hydrogen) atoms. The summed E-state index contributed by atoms with van der Waals surface area (Å²) in [5.74, 6) is -0.582. The summed E-state index contributed by atoms with van der Waals surface area (Å²) in [4.78, 5) is 13.9. The molecule has 0 saturated carbocycles. The lowest BCUT2D eigenvalue weighted by Crippen LogP contribution is -2.45. The largest absolute Gasteiger partial charge is 0.393 e. The molecule has 1 heterocycles. The van der Waals surface area contributed by atoms with Crippen LogP contribution in [0.2, 0.25) is 0 Å². The maximum atomic E-state index is 13.4. The van der Waals surface area contributed by atoms with Gasteiger partial charge in [-0.25, -0.2) is 4.39 Å². The van der Waals surface area contributed by atoms with Gasteiger partial charge in [-0.3, -0.25) is 4.79 Å². The fourth-order valence-corrected chi connectivity index (χ4v) is 2.59. The lowest BCUT2D eigenvalue weighted by Gasteiger charge is -2.34. The van der Waals surface area contributed by atoms with Crippen LogP contribution in [0.5, 0.6) is 0 Å². The van der Waals surface area contributed by atoms with E-state index in [0.29, 0.717) is 25.1 Å². The van der Waals surface area contributed by atoms with E-state index < -0.39 is 5.82 Å². The van der Waals surface area contributed by atoms with Crippen LogP contribution in [0.3, 0.4) is 0 Å². The molecule has 0 spiro atoms. The fraction of sp³-hybridized carbons (Fsp3) is 0.462. The van der Waals surface area contributed by atoms with Crippen LogP contribution < -0.4 is 0 Å². The van der Waals surface area contributed by atoms with Crippen LogP contribution in [0.4, 0.5) is 4.39 Å². The Kier molecular flexibility index (Phi) is 4.02. The number of likely N-dealkylation sites (tertiary alicyclic amines) is 1. The van der Waals surface area contributed by atoms with Crippen molar-refractivity contribution in [3.63, 3.8) is 0 Å². The minimum absolute atomic E-state index is 0.0510. The molecule has 1 amide bonds. The first-order valence-electron chi connectivity index (χ1n) is 5.92. The highest BCUT2D eigenvalue weighted by Crippen LogP contribution is 2.24. The van der Waals surface area contributed by atoms with Crippen LogP contribution in [-0.2, 0) is 0 Å². The van der Waals surface area contributed by atoms with E-state index in [1.165, 1.54) is 12.1 Å². The summed E-state index contributed by atoms with van der Waals surface area (Å²) in [6.07, 6.45) is 0.213. The summed E-state index contributed by atoms with van der Waals surface area (Å²) >= 11 is 3.10. The maximum absolute atomic E-state index is 13.4. The highest BCUT2D eigenvalue weighted by Gasteiger charge is 2.28. The first-order chi connectivity index (χ1) is 8.50. The number of carbonyl (C=O) groups excluding carboxylic acids is 1. The molecule has 5 heteroatoms. The van der Waals surface area contributed by atoms with Crippen LogP contribution in [-0.4, -0.2) is 35.1 Å². The van der Waals surface area contributed by atoms with Crippen LogP contribution >= 0.6 is 15.9 Å². The molecule has 1 aliphatic heterocycles. The van der Waals surface area contributed by atoms with Crippen molar-refractivity contribution in [1.29, 1.82) is 0 Å². The van der Waals surface area contributed by atoms with E-state index in [1.807, 2.05) is 6.92 Å². The molecular formula is C13H15BrFNO2. The van der Waals surface area contributed by atoms with E-state index in [0.717, 1.165) is 0 Å². The highest BCUT2D eigenvalue weighted by atomic mass is 79.9. The van der Waals surface area contributed by atoms with Crippen LogP contribution in [0.25, 0.3) is 0 Å². The highest BCUT2D eigenvalue weighted by molar-refractivity contribution is 9.10. The van der Waals surface area contributed by atoms with Gasteiger partial charge in [0, 0.05) is 13.1 Å². The molecule has 2 atom stereocenters. The van der Waals surface area contributed by atoms with Crippen molar-refractivity contribution in [3.8, 4) is 0 Å². The molecule has 0 radical (unpaired) electrons. The summed E-state index contributed by atoms with van der Waals surface area (Å²) in [5, 5.41) is 9.64. The summed E-state index contributed by atoms with van der Waals surface area (Å²) < 4.78 is 13.6. The Morgan fingerprint density at radius 1 is 1.56 bits per heavy atom. The van der Waals surface area contributed by atoms with Gasteiger partial charge >= 0.3 is 0 Å². The Labute approximate surface area is 114 Å². The van der Waals surface area contributed by atoms with Gasteiger partial charge < -0.3 is 10.0 Å². The third kappa shape index (κ3) is 2.57. The second-order valence-corrected chi connectivity index (χ2v) is 5.48. The lowest BCUT2D eigenvalue weighted by molar-refractivity contribution is 0.0297. The van der Waals surface area contributed by atoms with Crippen molar-refractivity contribution in [1.82, 2.24) is 4.90 Å². The van der Waals surface area contributed by atoms with Gasteiger partial charge in [0.1, 0.15) is 5.82 Å². The van der Waals surface area contributed by atoms with Crippen molar-refractivity contribution in [2.24, 2.45) is 5.92 Å². The fourth-order valence-electron chi connectivity index (χ4n) is 2.16. The molecule has 0 aromatic heterocycles. The Morgan fingerprint density at radius 2 is 2.28 bits per heavy atom. The zero-order valence-electron chi connectivity index (χ0n) is 10.1. The summed E-state index contributed by atoms with van der Waals surface area (Å²) in [6, 6.07) is 4.43. The Balaban J connectivity index is 2.19. The molecule has 1 aliphatic rings. The maximum Gasteiger partial charge on any atom is 0.255 e.